The summed E-state index contributed by atoms with van der Waals surface area (Å²) < 4.78 is 16.3. The minimum atomic E-state index is -0.402. The molecular weight excluding hydrogens is 382 g/mol. The molecule has 2 atom stereocenters. The Bertz CT molecular complexity index is 639. The second kappa shape index (κ2) is 11.9. The van der Waals surface area contributed by atoms with Crippen molar-refractivity contribution in [1.82, 2.24) is 4.90 Å². The third-order valence-electron chi connectivity index (χ3n) is 4.73. The van der Waals surface area contributed by atoms with Crippen molar-refractivity contribution in [3.8, 4) is 0 Å². The van der Waals surface area contributed by atoms with Crippen LogP contribution in [0.1, 0.15) is 51.2 Å². The molecule has 0 spiro atoms. The van der Waals surface area contributed by atoms with E-state index in [2.05, 4.69) is 6.92 Å². The Hall–Kier alpha value is -1.79. The van der Waals surface area contributed by atoms with Crippen LogP contribution in [-0.2, 0) is 19.0 Å². The Morgan fingerprint density at radius 3 is 2.82 bits per heavy atom. The number of nitrogens with zero attached hydrogens (tertiary/aromatic N) is 1. The maximum Gasteiger partial charge on any atom is 0.409 e. The van der Waals surface area contributed by atoms with Crippen LogP contribution in [0.5, 0.6) is 0 Å². The molecule has 1 amide bonds. The number of piperidine rings is 1. The van der Waals surface area contributed by atoms with Gasteiger partial charge in [0.2, 0.25) is 0 Å². The highest BCUT2D eigenvalue weighted by atomic mass is 35.5. The number of unbranched alkanes of at least 4 members (excludes halogenated alkanes) is 1. The Balaban J connectivity index is 2.08. The molecule has 0 N–H and O–H groups in total. The van der Waals surface area contributed by atoms with Crippen LogP contribution in [0.3, 0.4) is 0 Å². The first-order chi connectivity index (χ1) is 13.5. The lowest BCUT2D eigenvalue weighted by Crippen LogP contribution is -2.42. The predicted molar refractivity (Wildman–Crippen MR) is 107 cm³/mol. The van der Waals surface area contributed by atoms with E-state index < -0.39 is 5.97 Å². The molecule has 0 saturated carbocycles. The molecule has 1 aromatic carbocycles. The van der Waals surface area contributed by atoms with Crippen LogP contribution in [-0.4, -0.2) is 49.9 Å². The summed E-state index contributed by atoms with van der Waals surface area (Å²) in [5, 5.41) is 0.605. The summed E-state index contributed by atoms with van der Waals surface area (Å²) in [5.74, 6) is -0.360. The minimum Gasteiger partial charge on any atom is -0.464 e. The van der Waals surface area contributed by atoms with Crippen molar-refractivity contribution < 1.29 is 23.8 Å². The Morgan fingerprint density at radius 2 is 2.11 bits per heavy atom. The lowest BCUT2D eigenvalue weighted by atomic mass is 9.88. The largest absolute Gasteiger partial charge is 0.464 e. The van der Waals surface area contributed by atoms with Crippen molar-refractivity contribution in [1.29, 1.82) is 0 Å². The number of halogens is 1. The summed E-state index contributed by atoms with van der Waals surface area (Å²) in [4.78, 5) is 25.9. The highest BCUT2D eigenvalue weighted by Gasteiger charge is 2.32. The van der Waals surface area contributed by atoms with Crippen molar-refractivity contribution in [3.63, 3.8) is 0 Å². The van der Waals surface area contributed by atoms with E-state index in [-0.39, 0.29) is 24.7 Å². The number of amides is 1. The molecule has 1 aromatic rings. The zero-order valence-electron chi connectivity index (χ0n) is 16.7. The van der Waals surface area contributed by atoms with Gasteiger partial charge in [-0.25, -0.2) is 9.59 Å². The van der Waals surface area contributed by atoms with Crippen molar-refractivity contribution in [3.05, 3.63) is 34.9 Å². The number of benzene rings is 1. The molecular formula is C21H30ClNO5. The molecule has 1 aliphatic heterocycles. The van der Waals surface area contributed by atoms with Crippen molar-refractivity contribution in [2.75, 3.05) is 32.9 Å². The molecule has 1 heterocycles. The van der Waals surface area contributed by atoms with Gasteiger partial charge in [0.25, 0.3) is 0 Å². The Labute approximate surface area is 172 Å². The van der Waals surface area contributed by atoms with Gasteiger partial charge in [-0.15, -0.1) is 0 Å². The molecule has 1 fully saturated rings. The van der Waals surface area contributed by atoms with Gasteiger partial charge in [0.05, 0.1) is 19.3 Å². The molecule has 1 saturated heterocycles. The van der Waals surface area contributed by atoms with E-state index in [9.17, 15) is 9.59 Å². The van der Waals surface area contributed by atoms with E-state index in [0.717, 1.165) is 31.2 Å². The van der Waals surface area contributed by atoms with Gasteiger partial charge >= 0.3 is 12.1 Å². The number of rotatable bonds is 9. The first-order valence-electron chi connectivity index (χ1n) is 9.99. The topological polar surface area (TPSA) is 65.1 Å². The summed E-state index contributed by atoms with van der Waals surface area (Å²) in [6.45, 7) is 5.62. The Kier molecular flexibility index (Phi) is 9.58. The molecule has 1 aliphatic rings. The standard InChI is InChI=1S/C21H30ClNO5/c1-3-5-12-27-21(25)23-11-7-9-17(14-23)20(28-15-19(24)26-4-2)16-8-6-10-18(22)13-16/h6,8,10,13,17,20H,3-5,7,9,11-12,14-15H2,1-2H3. The molecule has 2 rings (SSSR count). The quantitative estimate of drug-likeness (QED) is 0.438. The van der Waals surface area contributed by atoms with Crippen molar-refractivity contribution in [2.45, 2.75) is 45.6 Å². The van der Waals surface area contributed by atoms with E-state index in [0.29, 0.717) is 31.3 Å². The summed E-state index contributed by atoms with van der Waals surface area (Å²) in [5.41, 5.74) is 0.892. The zero-order chi connectivity index (χ0) is 20.4. The van der Waals surface area contributed by atoms with E-state index in [1.165, 1.54) is 0 Å². The van der Waals surface area contributed by atoms with Gasteiger partial charge in [0, 0.05) is 24.0 Å². The molecule has 6 nitrogen and oxygen atoms in total. The zero-order valence-corrected chi connectivity index (χ0v) is 17.5. The Morgan fingerprint density at radius 1 is 1.29 bits per heavy atom. The predicted octanol–water partition coefficient (Wildman–Crippen LogP) is 4.61. The number of hydrogen-bond donors (Lipinski definition) is 0. The fourth-order valence-electron chi connectivity index (χ4n) is 3.37. The second-order valence-electron chi connectivity index (χ2n) is 6.91. The third-order valence-corrected chi connectivity index (χ3v) is 4.97. The van der Waals surface area contributed by atoms with Crippen LogP contribution in [0.25, 0.3) is 0 Å². The average molecular weight is 412 g/mol. The lowest BCUT2D eigenvalue weighted by Gasteiger charge is -2.36. The average Bonchev–Trinajstić information content (AvgIpc) is 2.69. The van der Waals surface area contributed by atoms with Gasteiger partial charge in [-0.3, -0.25) is 0 Å². The monoisotopic (exact) mass is 411 g/mol. The molecule has 2 unspecified atom stereocenters. The van der Waals surface area contributed by atoms with Crippen LogP contribution in [0.2, 0.25) is 5.02 Å². The molecule has 156 valence electrons. The first-order valence-corrected chi connectivity index (χ1v) is 10.4. The van der Waals surface area contributed by atoms with Crippen molar-refractivity contribution >= 4 is 23.7 Å². The summed E-state index contributed by atoms with van der Waals surface area (Å²) in [7, 11) is 0. The second-order valence-corrected chi connectivity index (χ2v) is 7.34. The molecule has 28 heavy (non-hydrogen) atoms. The van der Waals surface area contributed by atoms with Gasteiger partial charge in [0.1, 0.15) is 6.61 Å². The highest BCUT2D eigenvalue weighted by Crippen LogP contribution is 2.34. The van der Waals surface area contributed by atoms with Gasteiger partial charge in [0.15, 0.2) is 0 Å². The smallest absolute Gasteiger partial charge is 0.409 e. The van der Waals surface area contributed by atoms with Crippen LogP contribution < -0.4 is 0 Å². The molecule has 0 aromatic heterocycles. The molecule has 0 radical (unpaired) electrons. The number of likely N-dealkylation sites (tertiary alicyclic amines) is 1. The molecule has 7 heteroatoms. The number of carbonyl (C=O) groups is 2. The van der Waals surface area contributed by atoms with E-state index in [1.807, 2.05) is 18.2 Å². The first kappa shape index (κ1) is 22.5. The van der Waals surface area contributed by atoms with E-state index >= 15 is 0 Å². The fourth-order valence-corrected chi connectivity index (χ4v) is 3.57. The van der Waals surface area contributed by atoms with Crippen LogP contribution in [0, 0.1) is 5.92 Å². The number of ether oxygens (including phenoxy) is 3. The van der Waals surface area contributed by atoms with Gasteiger partial charge in [-0.2, -0.15) is 0 Å². The SMILES string of the molecule is CCCCOC(=O)N1CCCC(C(OCC(=O)OCC)c2cccc(Cl)c2)C1. The summed E-state index contributed by atoms with van der Waals surface area (Å²) in [6, 6.07) is 7.43. The molecule has 0 aliphatic carbocycles. The number of carbonyl (C=O) groups excluding carboxylic acids is 2. The van der Waals surface area contributed by atoms with E-state index in [4.69, 9.17) is 25.8 Å². The van der Waals surface area contributed by atoms with Crippen molar-refractivity contribution in [2.24, 2.45) is 5.92 Å². The van der Waals surface area contributed by atoms with Gasteiger partial charge in [-0.1, -0.05) is 37.1 Å². The maximum atomic E-state index is 12.4. The highest BCUT2D eigenvalue weighted by molar-refractivity contribution is 6.30. The van der Waals surface area contributed by atoms with Gasteiger partial charge < -0.3 is 19.1 Å². The molecule has 0 bridgehead atoms. The van der Waals surface area contributed by atoms with Crippen LogP contribution in [0.15, 0.2) is 24.3 Å². The number of esters is 1. The minimum absolute atomic E-state index is 0.0420. The number of hydrogen-bond acceptors (Lipinski definition) is 5. The lowest BCUT2D eigenvalue weighted by molar-refractivity contribution is -0.152. The normalized spacial score (nSPS) is 17.8. The fraction of sp³-hybridized carbons (Fsp3) is 0.619. The van der Waals surface area contributed by atoms with Crippen LogP contribution >= 0.6 is 11.6 Å². The van der Waals surface area contributed by atoms with Crippen LogP contribution in [0.4, 0.5) is 4.79 Å². The summed E-state index contributed by atoms with van der Waals surface area (Å²) >= 11 is 6.16. The summed E-state index contributed by atoms with van der Waals surface area (Å²) in [6.07, 6.45) is 2.94. The van der Waals surface area contributed by atoms with Gasteiger partial charge in [-0.05, 0) is 43.9 Å². The maximum absolute atomic E-state index is 12.4. The third kappa shape index (κ3) is 6.99. The van der Waals surface area contributed by atoms with E-state index in [1.54, 1.807) is 17.9 Å².